The Bertz CT molecular complexity index is 1020. The van der Waals surface area contributed by atoms with Gasteiger partial charge in [0.25, 0.3) is 0 Å². The van der Waals surface area contributed by atoms with Crippen LogP contribution in [0.1, 0.15) is 23.2 Å². The molecule has 4 rings (SSSR count). The molecule has 1 aliphatic heterocycles. The third-order valence-electron chi connectivity index (χ3n) is 4.76. The van der Waals surface area contributed by atoms with Crippen LogP contribution in [0.15, 0.2) is 36.1 Å². The van der Waals surface area contributed by atoms with Gasteiger partial charge in [-0.1, -0.05) is 0 Å². The second kappa shape index (κ2) is 7.89. The summed E-state index contributed by atoms with van der Waals surface area (Å²) in [7, 11) is 1.31. The molecule has 4 heterocycles. The number of pyridine rings is 1. The molecule has 1 saturated heterocycles. The van der Waals surface area contributed by atoms with Gasteiger partial charge in [0.05, 0.1) is 24.0 Å². The molecule has 8 nitrogen and oxygen atoms in total. The van der Waals surface area contributed by atoms with Gasteiger partial charge in [-0.25, -0.2) is 19.7 Å². The molecular formula is C19H19N5O3S. The zero-order valence-corrected chi connectivity index (χ0v) is 16.1. The van der Waals surface area contributed by atoms with Crippen molar-refractivity contribution in [3.05, 3.63) is 41.7 Å². The Hall–Kier alpha value is -3.07. The molecule has 1 unspecified atom stereocenters. The largest absolute Gasteiger partial charge is 0.465 e. The van der Waals surface area contributed by atoms with E-state index in [-0.39, 0.29) is 11.8 Å². The summed E-state index contributed by atoms with van der Waals surface area (Å²) < 4.78 is 4.71. The molecule has 0 radical (unpaired) electrons. The van der Waals surface area contributed by atoms with E-state index in [0.29, 0.717) is 17.9 Å². The lowest BCUT2D eigenvalue weighted by atomic mass is 9.97. The van der Waals surface area contributed by atoms with Crippen molar-refractivity contribution in [2.75, 3.05) is 30.4 Å². The Morgan fingerprint density at radius 2 is 2.18 bits per heavy atom. The van der Waals surface area contributed by atoms with Crippen molar-refractivity contribution in [2.45, 2.75) is 12.8 Å². The predicted octanol–water partition coefficient (Wildman–Crippen LogP) is 2.73. The first kappa shape index (κ1) is 18.3. The van der Waals surface area contributed by atoms with Gasteiger partial charge < -0.3 is 15.0 Å². The number of hydrogen-bond acceptors (Lipinski definition) is 8. The normalized spacial score (nSPS) is 16.8. The maximum atomic E-state index is 12.8. The highest BCUT2D eigenvalue weighted by Gasteiger charge is 2.28. The molecule has 28 heavy (non-hydrogen) atoms. The van der Waals surface area contributed by atoms with Crippen molar-refractivity contribution < 1.29 is 14.3 Å². The zero-order chi connectivity index (χ0) is 19.5. The van der Waals surface area contributed by atoms with E-state index >= 15 is 0 Å². The van der Waals surface area contributed by atoms with E-state index in [0.717, 1.165) is 35.4 Å². The van der Waals surface area contributed by atoms with Gasteiger partial charge in [-0.05, 0) is 36.4 Å². The second-order valence-corrected chi connectivity index (χ2v) is 7.43. The first-order valence-electron chi connectivity index (χ1n) is 8.94. The molecule has 3 aromatic heterocycles. The number of methoxy groups -OCH3 is 1. The van der Waals surface area contributed by atoms with Crippen LogP contribution in [0.2, 0.25) is 0 Å². The number of carbonyl (C=O) groups is 2. The number of carbonyl (C=O) groups excluding carboxylic acids is 2. The number of ether oxygens (including phenoxy) is 1. The number of amides is 1. The Balaban J connectivity index is 1.48. The van der Waals surface area contributed by atoms with Crippen LogP contribution in [0.3, 0.4) is 0 Å². The maximum Gasteiger partial charge on any atom is 0.338 e. The fourth-order valence-corrected chi connectivity index (χ4v) is 4.11. The minimum atomic E-state index is -0.467. The zero-order valence-electron chi connectivity index (χ0n) is 15.3. The quantitative estimate of drug-likeness (QED) is 0.676. The summed E-state index contributed by atoms with van der Waals surface area (Å²) in [6.07, 6.45) is 4.73. The Morgan fingerprint density at radius 1 is 1.29 bits per heavy atom. The van der Waals surface area contributed by atoms with E-state index in [4.69, 9.17) is 4.74 Å². The van der Waals surface area contributed by atoms with Gasteiger partial charge in [0.1, 0.15) is 22.8 Å². The highest BCUT2D eigenvalue weighted by atomic mass is 32.1. The number of nitrogens with zero attached hydrogens (tertiary/aromatic N) is 4. The summed E-state index contributed by atoms with van der Waals surface area (Å²) in [5, 5.41) is 5.83. The van der Waals surface area contributed by atoms with Crippen LogP contribution in [0, 0.1) is 5.92 Å². The molecule has 3 aromatic rings. The van der Waals surface area contributed by atoms with Crippen molar-refractivity contribution in [3.8, 4) is 0 Å². The van der Waals surface area contributed by atoms with Crippen LogP contribution in [-0.4, -0.2) is 47.0 Å². The molecule has 1 aliphatic rings. The van der Waals surface area contributed by atoms with Gasteiger partial charge in [-0.2, -0.15) is 0 Å². The summed E-state index contributed by atoms with van der Waals surface area (Å²) in [6, 6.07) is 5.08. The van der Waals surface area contributed by atoms with Crippen LogP contribution < -0.4 is 10.2 Å². The van der Waals surface area contributed by atoms with E-state index in [2.05, 4.69) is 25.2 Å². The second-order valence-electron chi connectivity index (χ2n) is 6.53. The number of aromatic nitrogens is 3. The Labute approximate surface area is 165 Å². The molecule has 0 bridgehead atoms. The number of anilines is 2. The predicted molar refractivity (Wildman–Crippen MR) is 107 cm³/mol. The summed E-state index contributed by atoms with van der Waals surface area (Å²) in [5.41, 5.74) is 0.346. The molecule has 1 atom stereocenters. The molecule has 1 fully saturated rings. The highest BCUT2D eigenvalue weighted by molar-refractivity contribution is 7.16. The maximum absolute atomic E-state index is 12.8. The lowest BCUT2D eigenvalue weighted by molar-refractivity contribution is -0.120. The van der Waals surface area contributed by atoms with Gasteiger partial charge in [0.2, 0.25) is 5.91 Å². The molecule has 9 heteroatoms. The first-order valence-corrected chi connectivity index (χ1v) is 9.82. The minimum absolute atomic E-state index is 0.116. The third kappa shape index (κ3) is 3.65. The van der Waals surface area contributed by atoms with Crippen LogP contribution in [0.25, 0.3) is 10.2 Å². The number of fused-ring (bicyclic) bond motifs is 1. The Morgan fingerprint density at radius 3 is 3.04 bits per heavy atom. The molecule has 1 N–H and O–H groups in total. The van der Waals surface area contributed by atoms with Gasteiger partial charge in [-0.15, -0.1) is 11.3 Å². The fraction of sp³-hybridized carbons (Fsp3) is 0.316. The van der Waals surface area contributed by atoms with Crippen LogP contribution in [0.4, 0.5) is 11.6 Å². The van der Waals surface area contributed by atoms with Crippen molar-refractivity contribution in [1.82, 2.24) is 15.0 Å². The standard InChI is InChI=1S/C19H19N5O3S/c1-27-19(26)12-4-6-20-15(9-12)23-17(25)13-3-2-7-24(10-13)16-14-5-8-28-18(14)22-11-21-16/h4-6,8-9,11,13H,2-3,7,10H2,1H3,(H,20,23,25). The SMILES string of the molecule is COC(=O)c1ccnc(NC(=O)C2CCCN(c3ncnc4sccc34)C2)c1. The summed E-state index contributed by atoms with van der Waals surface area (Å²) in [6.45, 7) is 1.42. The van der Waals surface area contributed by atoms with Crippen LogP contribution in [-0.2, 0) is 9.53 Å². The molecular weight excluding hydrogens is 378 g/mol. The van der Waals surface area contributed by atoms with Gasteiger partial charge in [-0.3, -0.25) is 4.79 Å². The molecule has 0 spiro atoms. The molecule has 0 aliphatic carbocycles. The number of nitrogens with one attached hydrogen (secondary N) is 1. The fourth-order valence-electron chi connectivity index (χ4n) is 3.38. The molecule has 144 valence electrons. The number of piperidine rings is 1. The summed E-state index contributed by atoms with van der Waals surface area (Å²) in [5.74, 6) is 0.433. The van der Waals surface area contributed by atoms with Crippen molar-refractivity contribution >= 4 is 45.1 Å². The first-order chi connectivity index (χ1) is 13.7. The number of rotatable bonds is 4. The van der Waals surface area contributed by atoms with Gasteiger partial charge in [0, 0.05) is 19.3 Å². The molecule has 1 amide bonds. The van der Waals surface area contributed by atoms with Crippen LogP contribution in [0.5, 0.6) is 0 Å². The number of thiophene rings is 1. The summed E-state index contributed by atoms with van der Waals surface area (Å²) in [4.78, 5) is 40.4. The van der Waals surface area contributed by atoms with E-state index in [1.165, 1.54) is 19.4 Å². The van der Waals surface area contributed by atoms with Crippen molar-refractivity contribution in [1.29, 1.82) is 0 Å². The average Bonchev–Trinajstić information content (AvgIpc) is 3.22. The number of esters is 1. The average molecular weight is 397 g/mol. The van der Waals surface area contributed by atoms with E-state index in [1.807, 2.05) is 11.4 Å². The van der Waals surface area contributed by atoms with Gasteiger partial charge >= 0.3 is 5.97 Å². The van der Waals surface area contributed by atoms with E-state index in [9.17, 15) is 9.59 Å². The molecule has 0 aromatic carbocycles. The monoisotopic (exact) mass is 397 g/mol. The summed E-state index contributed by atoms with van der Waals surface area (Å²) >= 11 is 1.58. The lowest BCUT2D eigenvalue weighted by Crippen LogP contribution is -2.41. The smallest absolute Gasteiger partial charge is 0.338 e. The van der Waals surface area contributed by atoms with Gasteiger partial charge in [0.15, 0.2) is 0 Å². The third-order valence-corrected chi connectivity index (χ3v) is 5.59. The highest BCUT2D eigenvalue weighted by Crippen LogP contribution is 2.30. The Kier molecular flexibility index (Phi) is 5.16. The van der Waals surface area contributed by atoms with Crippen molar-refractivity contribution in [2.24, 2.45) is 5.92 Å². The van der Waals surface area contributed by atoms with Crippen LogP contribution >= 0.6 is 11.3 Å². The topological polar surface area (TPSA) is 97.3 Å². The molecule has 0 saturated carbocycles. The number of hydrogen-bond donors (Lipinski definition) is 1. The lowest BCUT2D eigenvalue weighted by Gasteiger charge is -2.33. The minimum Gasteiger partial charge on any atom is -0.465 e. The van der Waals surface area contributed by atoms with E-state index < -0.39 is 5.97 Å². The van der Waals surface area contributed by atoms with E-state index in [1.54, 1.807) is 23.7 Å². The van der Waals surface area contributed by atoms with Crippen molar-refractivity contribution in [3.63, 3.8) is 0 Å².